The standard InChI is InChI=1S/C4H8N4O6/c9-3(10)13-2-1-5-8(7-6-2)14-4(11)12/h2,5-7H,1H2,(H,9,10)(H,11,12). The Morgan fingerprint density at radius 2 is 2.07 bits per heavy atom. The summed E-state index contributed by atoms with van der Waals surface area (Å²) >= 11 is 0. The molecule has 0 aromatic heterocycles. The van der Waals surface area contributed by atoms with Crippen LogP contribution in [0.4, 0.5) is 9.59 Å². The van der Waals surface area contributed by atoms with Gasteiger partial charge in [0.1, 0.15) is 0 Å². The molecule has 14 heavy (non-hydrogen) atoms. The van der Waals surface area contributed by atoms with Gasteiger partial charge in [0.25, 0.3) is 0 Å². The van der Waals surface area contributed by atoms with E-state index in [4.69, 9.17) is 10.2 Å². The molecule has 0 aromatic carbocycles. The largest absolute Gasteiger partial charge is 0.527 e. The fraction of sp³-hybridized carbons (Fsp3) is 0.500. The van der Waals surface area contributed by atoms with Crippen LogP contribution < -0.4 is 16.4 Å². The maximum atomic E-state index is 10.1. The average molecular weight is 208 g/mol. The summed E-state index contributed by atoms with van der Waals surface area (Å²) in [6.45, 7) is 0.0204. The molecule has 0 aromatic rings. The van der Waals surface area contributed by atoms with Crippen molar-refractivity contribution < 1.29 is 29.4 Å². The highest BCUT2D eigenvalue weighted by Crippen LogP contribution is 1.92. The van der Waals surface area contributed by atoms with E-state index in [9.17, 15) is 9.59 Å². The van der Waals surface area contributed by atoms with Gasteiger partial charge < -0.3 is 19.8 Å². The lowest BCUT2D eigenvalue weighted by atomic mass is 10.6. The fourth-order valence-electron chi connectivity index (χ4n) is 0.713. The number of ether oxygens (including phenoxy) is 1. The Kier molecular flexibility index (Phi) is 3.41. The molecule has 0 saturated carbocycles. The summed E-state index contributed by atoms with van der Waals surface area (Å²) in [5.41, 5.74) is 6.89. The summed E-state index contributed by atoms with van der Waals surface area (Å²) in [5, 5.41) is 17.1. The van der Waals surface area contributed by atoms with Crippen molar-refractivity contribution in [2.75, 3.05) is 6.54 Å². The summed E-state index contributed by atoms with van der Waals surface area (Å²) in [6.07, 6.45) is -3.80. The van der Waals surface area contributed by atoms with Crippen LogP contribution in [0.15, 0.2) is 0 Å². The van der Waals surface area contributed by atoms with Crippen molar-refractivity contribution in [1.29, 1.82) is 0 Å². The summed E-state index contributed by atoms with van der Waals surface area (Å²) in [6, 6.07) is 0. The van der Waals surface area contributed by atoms with Crippen LogP contribution in [0.1, 0.15) is 0 Å². The maximum Gasteiger partial charge on any atom is 0.527 e. The predicted octanol–water partition coefficient (Wildman–Crippen LogP) is -1.55. The first-order chi connectivity index (χ1) is 6.58. The van der Waals surface area contributed by atoms with Gasteiger partial charge >= 0.3 is 12.3 Å². The van der Waals surface area contributed by atoms with Gasteiger partial charge in [-0.15, -0.1) is 5.53 Å². The zero-order chi connectivity index (χ0) is 10.6. The highest BCUT2D eigenvalue weighted by molar-refractivity contribution is 5.57. The average Bonchev–Trinajstić information content (AvgIpc) is 2.06. The van der Waals surface area contributed by atoms with E-state index in [0.717, 1.165) is 0 Å². The van der Waals surface area contributed by atoms with Crippen LogP contribution in [-0.2, 0) is 9.57 Å². The first-order valence-electron chi connectivity index (χ1n) is 3.43. The Bertz CT molecular complexity index is 202. The number of nitrogens with zero attached hydrogens (tertiary/aromatic N) is 1. The number of hydrogen-bond donors (Lipinski definition) is 5. The second-order valence-corrected chi connectivity index (χ2v) is 2.14. The monoisotopic (exact) mass is 208 g/mol. The van der Waals surface area contributed by atoms with Gasteiger partial charge in [-0.25, -0.2) is 20.4 Å². The van der Waals surface area contributed by atoms with Gasteiger partial charge in [-0.2, -0.15) is 0 Å². The first-order valence-corrected chi connectivity index (χ1v) is 3.43. The number of carbonyl (C=O) groups is 2. The summed E-state index contributed by atoms with van der Waals surface area (Å²) in [4.78, 5) is 24.2. The minimum absolute atomic E-state index is 0.0204. The normalized spacial score (nSPS) is 22.7. The van der Waals surface area contributed by atoms with E-state index in [1.165, 1.54) is 0 Å². The minimum Gasteiger partial charge on any atom is -0.450 e. The van der Waals surface area contributed by atoms with Gasteiger partial charge in [0.15, 0.2) is 6.23 Å². The SMILES string of the molecule is O=C(O)OC1CNN(OC(=O)O)NN1. The van der Waals surface area contributed by atoms with Crippen molar-refractivity contribution in [1.82, 2.24) is 21.7 Å². The summed E-state index contributed by atoms with van der Waals surface area (Å²) in [5.74, 6) is 0. The predicted molar refractivity (Wildman–Crippen MR) is 38.1 cm³/mol. The molecule has 1 aliphatic rings. The zero-order valence-corrected chi connectivity index (χ0v) is 6.76. The zero-order valence-electron chi connectivity index (χ0n) is 6.76. The lowest BCUT2D eigenvalue weighted by molar-refractivity contribution is -0.234. The highest BCUT2D eigenvalue weighted by atomic mass is 16.8. The lowest BCUT2D eigenvalue weighted by Crippen LogP contribution is -2.66. The first kappa shape index (κ1) is 10.5. The Labute approximate surface area is 77.2 Å². The topological polar surface area (TPSA) is 132 Å². The molecule has 5 N–H and O–H groups in total. The van der Waals surface area contributed by atoms with E-state index in [1.54, 1.807) is 0 Å². The molecule has 80 valence electrons. The third-order valence-corrected chi connectivity index (χ3v) is 1.16. The molecule has 1 unspecified atom stereocenters. The van der Waals surface area contributed by atoms with Crippen LogP contribution in [0.2, 0.25) is 0 Å². The molecule has 0 bridgehead atoms. The molecule has 0 radical (unpaired) electrons. The van der Waals surface area contributed by atoms with Gasteiger partial charge in [-0.05, 0) is 0 Å². The minimum atomic E-state index is -1.52. The van der Waals surface area contributed by atoms with Crippen LogP contribution >= 0.6 is 0 Å². The second-order valence-electron chi connectivity index (χ2n) is 2.14. The van der Waals surface area contributed by atoms with Crippen molar-refractivity contribution in [3.8, 4) is 0 Å². The van der Waals surface area contributed by atoms with Gasteiger partial charge in [0.2, 0.25) is 0 Å². The number of rotatable bonds is 2. The van der Waals surface area contributed by atoms with Crippen LogP contribution in [0.25, 0.3) is 0 Å². The van der Waals surface area contributed by atoms with E-state index >= 15 is 0 Å². The smallest absolute Gasteiger partial charge is 0.450 e. The Hall–Kier alpha value is -1.62. The molecule has 0 spiro atoms. The fourth-order valence-corrected chi connectivity index (χ4v) is 0.713. The van der Waals surface area contributed by atoms with E-state index in [0.29, 0.717) is 5.28 Å². The van der Waals surface area contributed by atoms with E-state index in [2.05, 4.69) is 26.0 Å². The molecule has 1 fully saturated rings. The number of carboxylic acid groups (broad SMARTS) is 2. The van der Waals surface area contributed by atoms with E-state index in [-0.39, 0.29) is 6.54 Å². The number of hydrazine groups is 3. The molecule has 1 rings (SSSR count). The Balaban J connectivity index is 2.24. The summed E-state index contributed by atoms with van der Waals surface area (Å²) in [7, 11) is 0. The molecule has 1 heterocycles. The lowest BCUT2D eigenvalue weighted by Gasteiger charge is -2.30. The van der Waals surface area contributed by atoms with Gasteiger partial charge in [0, 0.05) is 5.28 Å². The number of hydrogen-bond acceptors (Lipinski definition) is 8. The molecule has 1 atom stereocenters. The Morgan fingerprint density at radius 3 is 2.50 bits per heavy atom. The number of nitrogens with one attached hydrogen (secondary N) is 3. The second kappa shape index (κ2) is 4.57. The molecule has 1 saturated heterocycles. The Morgan fingerprint density at radius 1 is 1.36 bits per heavy atom. The van der Waals surface area contributed by atoms with Crippen molar-refractivity contribution in [3.05, 3.63) is 0 Å². The van der Waals surface area contributed by atoms with Gasteiger partial charge in [-0.3, -0.25) is 0 Å². The van der Waals surface area contributed by atoms with Crippen LogP contribution in [0.5, 0.6) is 0 Å². The van der Waals surface area contributed by atoms with Crippen LogP contribution in [0.3, 0.4) is 0 Å². The van der Waals surface area contributed by atoms with E-state index < -0.39 is 18.5 Å². The molecular weight excluding hydrogens is 200 g/mol. The molecule has 10 nitrogen and oxygen atoms in total. The van der Waals surface area contributed by atoms with Crippen molar-refractivity contribution in [2.45, 2.75) is 6.23 Å². The third kappa shape index (κ3) is 3.40. The molecule has 1 aliphatic heterocycles. The van der Waals surface area contributed by atoms with Crippen LogP contribution in [-0.4, -0.2) is 40.6 Å². The molecular formula is C4H8N4O6. The maximum absolute atomic E-state index is 10.1. The highest BCUT2D eigenvalue weighted by Gasteiger charge is 2.22. The van der Waals surface area contributed by atoms with Crippen molar-refractivity contribution >= 4 is 12.3 Å². The molecule has 0 amide bonds. The van der Waals surface area contributed by atoms with Crippen molar-refractivity contribution in [3.63, 3.8) is 0 Å². The van der Waals surface area contributed by atoms with Gasteiger partial charge in [-0.1, -0.05) is 0 Å². The van der Waals surface area contributed by atoms with Gasteiger partial charge in [0.05, 0.1) is 6.54 Å². The molecule has 10 heteroatoms. The van der Waals surface area contributed by atoms with Crippen molar-refractivity contribution in [2.24, 2.45) is 0 Å². The molecule has 0 aliphatic carbocycles. The third-order valence-electron chi connectivity index (χ3n) is 1.16. The van der Waals surface area contributed by atoms with Crippen LogP contribution in [0, 0.1) is 0 Å². The quantitative estimate of drug-likeness (QED) is 0.339. The van der Waals surface area contributed by atoms with E-state index in [1.807, 2.05) is 0 Å². The summed E-state index contributed by atoms with van der Waals surface area (Å²) < 4.78 is 4.30.